The van der Waals surface area contributed by atoms with E-state index < -0.39 is 34.1 Å². The molecule has 1 N–H and O–H groups in total. The smallest absolute Gasteiger partial charge is 0.429 e. The van der Waals surface area contributed by atoms with Gasteiger partial charge in [0.15, 0.2) is 11.6 Å². The minimum absolute atomic E-state index is 0.0160. The highest BCUT2D eigenvalue weighted by molar-refractivity contribution is 5.52. The summed E-state index contributed by atoms with van der Waals surface area (Å²) in [6.07, 6.45) is 3.98. The summed E-state index contributed by atoms with van der Waals surface area (Å²) >= 11 is 0. The van der Waals surface area contributed by atoms with Gasteiger partial charge in [-0.25, -0.2) is 8.78 Å². The van der Waals surface area contributed by atoms with Gasteiger partial charge < -0.3 is 9.84 Å². The van der Waals surface area contributed by atoms with Gasteiger partial charge in [0.25, 0.3) is 0 Å². The number of benzene rings is 2. The lowest BCUT2D eigenvalue weighted by Gasteiger charge is -2.30. The molecule has 0 saturated heterocycles. The predicted molar refractivity (Wildman–Crippen MR) is 145 cm³/mol. The second-order valence-electron chi connectivity index (χ2n) is 13.0. The van der Waals surface area contributed by atoms with Crippen molar-refractivity contribution in [3.8, 4) is 11.5 Å². The third-order valence-electron chi connectivity index (χ3n) is 7.87. The molecule has 0 bridgehead atoms. The zero-order valence-corrected chi connectivity index (χ0v) is 24.0. The fourth-order valence-electron chi connectivity index (χ4n) is 5.56. The van der Waals surface area contributed by atoms with E-state index in [0.717, 1.165) is 38.2 Å². The van der Waals surface area contributed by atoms with Gasteiger partial charge in [0.1, 0.15) is 17.1 Å². The third-order valence-corrected chi connectivity index (χ3v) is 7.87. The number of aromatic hydroxyl groups is 1. The molecule has 2 nitrogen and oxygen atoms in total. The molecule has 0 spiro atoms. The van der Waals surface area contributed by atoms with Crippen molar-refractivity contribution in [1.29, 1.82) is 0 Å². The number of phenols is 1. The molecule has 0 aliphatic heterocycles. The third kappa shape index (κ3) is 6.84. The Bertz CT molecular complexity index is 1070. The summed E-state index contributed by atoms with van der Waals surface area (Å²) in [5.41, 5.74) is -1.22. The number of halogens is 4. The Morgan fingerprint density at radius 1 is 0.816 bits per heavy atom. The van der Waals surface area contributed by atoms with E-state index in [1.807, 2.05) is 41.5 Å². The molecule has 2 aromatic carbocycles. The first-order valence-corrected chi connectivity index (χ1v) is 14.0. The van der Waals surface area contributed by atoms with E-state index >= 15 is 17.6 Å². The number of hydrogen-bond donors (Lipinski definition) is 1. The maximum atomic E-state index is 15.3. The molecule has 1 aliphatic carbocycles. The minimum atomic E-state index is -4.11. The van der Waals surface area contributed by atoms with E-state index in [-0.39, 0.29) is 23.0 Å². The van der Waals surface area contributed by atoms with Crippen molar-refractivity contribution in [2.24, 2.45) is 5.92 Å². The van der Waals surface area contributed by atoms with Crippen LogP contribution >= 0.6 is 0 Å². The molecule has 0 radical (unpaired) electrons. The van der Waals surface area contributed by atoms with E-state index in [4.69, 9.17) is 4.74 Å². The van der Waals surface area contributed by atoms with Gasteiger partial charge >= 0.3 is 6.11 Å². The van der Waals surface area contributed by atoms with Crippen LogP contribution in [0.4, 0.5) is 17.6 Å². The standard InChI is InChI=1S/C32H44F4O2/c1-8-9-10-11-20-12-14-21(15-13-20)23-16-17-24(28(34)27(23)33)32(35,36)38-22-18-25(30(2,3)4)29(37)26(19-22)31(5,6)7/h16-21,37H,8-15H2,1-7H3. The van der Waals surface area contributed by atoms with Crippen molar-refractivity contribution in [1.82, 2.24) is 0 Å². The van der Waals surface area contributed by atoms with E-state index in [2.05, 4.69) is 6.92 Å². The molecule has 0 heterocycles. The summed E-state index contributed by atoms with van der Waals surface area (Å²) in [5.74, 6) is -2.55. The molecular weight excluding hydrogens is 492 g/mol. The lowest BCUT2D eigenvalue weighted by molar-refractivity contribution is -0.187. The average Bonchev–Trinajstić information content (AvgIpc) is 2.81. The van der Waals surface area contributed by atoms with Crippen LogP contribution in [-0.2, 0) is 16.9 Å². The monoisotopic (exact) mass is 536 g/mol. The van der Waals surface area contributed by atoms with Crippen LogP contribution in [0.15, 0.2) is 24.3 Å². The summed E-state index contributed by atoms with van der Waals surface area (Å²) in [5, 5.41) is 10.9. The van der Waals surface area contributed by atoms with Crippen molar-refractivity contribution in [3.63, 3.8) is 0 Å². The van der Waals surface area contributed by atoms with Crippen LogP contribution < -0.4 is 4.74 Å². The minimum Gasteiger partial charge on any atom is -0.507 e. The Kier molecular flexibility index (Phi) is 9.15. The number of unbranched alkanes of at least 4 members (excludes halogenated alkanes) is 2. The van der Waals surface area contributed by atoms with Gasteiger partial charge in [-0.2, -0.15) is 8.78 Å². The van der Waals surface area contributed by atoms with Crippen molar-refractivity contribution >= 4 is 0 Å². The maximum Gasteiger partial charge on any atom is 0.429 e. The molecule has 1 fully saturated rings. The molecule has 2 aromatic rings. The van der Waals surface area contributed by atoms with Crippen LogP contribution in [0.2, 0.25) is 0 Å². The van der Waals surface area contributed by atoms with Gasteiger partial charge in [-0.05, 0) is 72.1 Å². The lowest BCUT2D eigenvalue weighted by atomic mass is 9.76. The molecule has 1 aliphatic rings. The molecule has 0 aromatic heterocycles. The first-order valence-electron chi connectivity index (χ1n) is 14.0. The zero-order valence-electron chi connectivity index (χ0n) is 24.0. The topological polar surface area (TPSA) is 29.5 Å². The second-order valence-corrected chi connectivity index (χ2v) is 13.0. The normalized spacial score (nSPS) is 19.0. The molecule has 38 heavy (non-hydrogen) atoms. The van der Waals surface area contributed by atoms with Crippen LogP contribution in [0.3, 0.4) is 0 Å². The van der Waals surface area contributed by atoms with Gasteiger partial charge in [0.2, 0.25) is 0 Å². The Hall–Kier alpha value is -2.24. The quantitative estimate of drug-likeness (QED) is 0.269. The molecule has 6 heteroatoms. The van der Waals surface area contributed by atoms with Crippen molar-refractivity contribution in [3.05, 3.63) is 58.2 Å². The maximum absolute atomic E-state index is 15.3. The van der Waals surface area contributed by atoms with Crippen molar-refractivity contribution in [2.75, 3.05) is 0 Å². The fraction of sp³-hybridized carbons (Fsp3) is 0.625. The van der Waals surface area contributed by atoms with Crippen LogP contribution in [0, 0.1) is 17.6 Å². The fourth-order valence-corrected chi connectivity index (χ4v) is 5.56. The Labute approximate surface area is 225 Å². The van der Waals surface area contributed by atoms with Gasteiger partial charge in [0, 0.05) is 11.1 Å². The summed E-state index contributed by atoms with van der Waals surface area (Å²) < 4.78 is 66.0. The van der Waals surface area contributed by atoms with Crippen LogP contribution in [-0.4, -0.2) is 5.11 Å². The van der Waals surface area contributed by atoms with Crippen LogP contribution in [0.1, 0.15) is 128 Å². The van der Waals surface area contributed by atoms with Crippen molar-refractivity contribution < 1.29 is 27.4 Å². The number of hydrogen-bond acceptors (Lipinski definition) is 2. The number of phenolic OH excluding ortho intramolecular Hbond substituents is 1. The Morgan fingerprint density at radius 2 is 1.37 bits per heavy atom. The highest BCUT2D eigenvalue weighted by atomic mass is 19.3. The van der Waals surface area contributed by atoms with Crippen LogP contribution in [0.25, 0.3) is 0 Å². The highest BCUT2D eigenvalue weighted by Crippen LogP contribution is 2.45. The number of ether oxygens (including phenoxy) is 1. The zero-order chi connectivity index (χ0) is 28.5. The lowest BCUT2D eigenvalue weighted by Crippen LogP contribution is -2.26. The summed E-state index contributed by atoms with van der Waals surface area (Å²) in [4.78, 5) is 0. The second kappa shape index (κ2) is 11.5. The first kappa shape index (κ1) is 30.3. The molecule has 212 valence electrons. The van der Waals surface area contributed by atoms with Gasteiger partial charge in [0.05, 0.1) is 0 Å². The predicted octanol–water partition coefficient (Wildman–Crippen LogP) is 10.2. The Morgan fingerprint density at radius 3 is 1.87 bits per heavy atom. The molecule has 3 rings (SSSR count). The van der Waals surface area contributed by atoms with E-state index in [1.165, 1.54) is 37.5 Å². The van der Waals surface area contributed by atoms with E-state index in [0.29, 0.717) is 17.0 Å². The molecule has 1 saturated carbocycles. The van der Waals surface area contributed by atoms with Crippen LogP contribution in [0.5, 0.6) is 11.5 Å². The Balaban J connectivity index is 1.86. The van der Waals surface area contributed by atoms with Crippen molar-refractivity contribution in [2.45, 2.75) is 123 Å². The van der Waals surface area contributed by atoms with Gasteiger partial charge in [-0.15, -0.1) is 0 Å². The first-order chi connectivity index (χ1) is 17.6. The summed E-state index contributed by atoms with van der Waals surface area (Å²) in [6, 6.07) is 4.95. The molecule has 0 unspecified atom stereocenters. The largest absolute Gasteiger partial charge is 0.507 e. The molecular formula is C32H44F4O2. The average molecular weight is 537 g/mol. The molecule has 0 amide bonds. The summed E-state index contributed by atoms with van der Waals surface area (Å²) in [6.45, 7) is 13.3. The van der Waals surface area contributed by atoms with Gasteiger partial charge in [-0.3, -0.25) is 0 Å². The van der Waals surface area contributed by atoms with E-state index in [9.17, 15) is 5.11 Å². The SMILES string of the molecule is CCCCCC1CCC(c2ccc(C(F)(F)Oc3cc(C(C)(C)C)c(O)c(C(C)(C)C)c3)c(F)c2F)CC1. The highest BCUT2D eigenvalue weighted by Gasteiger charge is 2.41. The van der Waals surface area contributed by atoms with Gasteiger partial charge in [-0.1, -0.05) is 80.2 Å². The number of rotatable bonds is 8. The summed E-state index contributed by atoms with van der Waals surface area (Å²) in [7, 11) is 0. The van der Waals surface area contributed by atoms with E-state index in [1.54, 1.807) is 0 Å². The molecule has 0 atom stereocenters. The number of alkyl halides is 2.